The summed E-state index contributed by atoms with van der Waals surface area (Å²) in [5, 5.41) is 4.78. The number of nitrogens with two attached hydrogens (primary N) is 1. The topological polar surface area (TPSA) is 103 Å². The number of amides is 2. The Bertz CT molecular complexity index is 548. The summed E-state index contributed by atoms with van der Waals surface area (Å²) in [7, 11) is 3.05. The van der Waals surface area contributed by atoms with E-state index in [2.05, 4.69) is 22.9 Å². The lowest BCUT2D eigenvalue weighted by Crippen LogP contribution is -2.42. The molecule has 2 amide bonds. The average Bonchev–Trinajstić information content (AvgIpc) is 2.49. The molecule has 0 aromatic heterocycles. The molecular weight excluding hydrogens is 294 g/mol. The highest BCUT2D eigenvalue weighted by Gasteiger charge is 2.13. The molecule has 7 nitrogen and oxygen atoms in total. The zero-order valence-corrected chi connectivity index (χ0v) is 12.6. The van der Waals surface area contributed by atoms with Gasteiger partial charge in [-0.25, -0.2) is 0 Å². The molecule has 0 spiro atoms. The molecule has 21 heavy (non-hydrogen) atoms. The Labute approximate surface area is 127 Å². The zero-order valence-electron chi connectivity index (χ0n) is 11.8. The molecule has 0 aliphatic rings. The van der Waals surface area contributed by atoms with Gasteiger partial charge in [0.25, 0.3) is 0 Å². The van der Waals surface area contributed by atoms with Crippen LogP contribution < -0.4 is 25.8 Å². The SMILES string of the molecule is COc1ccc(CNC(=O)C(=O)NCC(N)=S)cc1OC. The third kappa shape index (κ3) is 5.27. The second kappa shape index (κ2) is 8.05. The summed E-state index contributed by atoms with van der Waals surface area (Å²) < 4.78 is 10.3. The second-order valence-corrected chi connectivity index (χ2v) is 4.55. The van der Waals surface area contributed by atoms with Crippen molar-refractivity contribution in [2.45, 2.75) is 6.54 Å². The number of carbonyl (C=O) groups excluding carboxylic acids is 2. The molecule has 0 saturated heterocycles. The van der Waals surface area contributed by atoms with Gasteiger partial charge in [-0.2, -0.15) is 0 Å². The standard InChI is InChI=1S/C13H17N3O4S/c1-19-9-4-3-8(5-10(9)20-2)6-15-12(17)13(18)16-7-11(14)21/h3-5H,6-7H2,1-2H3,(H2,14,21)(H,15,17)(H,16,18). The summed E-state index contributed by atoms with van der Waals surface area (Å²) in [6.45, 7) is 0.164. The summed E-state index contributed by atoms with van der Waals surface area (Å²) in [6, 6.07) is 5.19. The van der Waals surface area contributed by atoms with Gasteiger partial charge in [-0.3, -0.25) is 9.59 Å². The van der Waals surface area contributed by atoms with Crippen LogP contribution in [-0.2, 0) is 16.1 Å². The van der Waals surface area contributed by atoms with Crippen molar-refractivity contribution in [2.24, 2.45) is 5.73 Å². The number of nitrogens with one attached hydrogen (secondary N) is 2. The van der Waals surface area contributed by atoms with Crippen LogP contribution >= 0.6 is 12.2 Å². The van der Waals surface area contributed by atoms with Crippen molar-refractivity contribution in [2.75, 3.05) is 20.8 Å². The first-order valence-corrected chi connectivity index (χ1v) is 6.44. The summed E-state index contributed by atoms with van der Waals surface area (Å²) in [6.07, 6.45) is 0. The van der Waals surface area contributed by atoms with Gasteiger partial charge in [-0.15, -0.1) is 0 Å². The second-order valence-electron chi connectivity index (χ2n) is 4.02. The number of hydrogen-bond acceptors (Lipinski definition) is 5. The molecule has 8 heteroatoms. The number of benzene rings is 1. The van der Waals surface area contributed by atoms with Crippen LogP contribution in [0.1, 0.15) is 5.56 Å². The van der Waals surface area contributed by atoms with Gasteiger partial charge in [0.15, 0.2) is 11.5 Å². The van der Waals surface area contributed by atoms with Crippen molar-refractivity contribution in [3.63, 3.8) is 0 Å². The largest absolute Gasteiger partial charge is 0.493 e. The van der Waals surface area contributed by atoms with E-state index in [9.17, 15) is 9.59 Å². The molecule has 1 aromatic rings. The fourth-order valence-electron chi connectivity index (χ4n) is 1.50. The fraction of sp³-hybridized carbons (Fsp3) is 0.308. The van der Waals surface area contributed by atoms with Gasteiger partial charge in [-0.05, 0) is 17.7 Å². The van der Waals surface area contributed by atoms with E-state index in [1.54, 1.807) is 18.2 Å². The van der Waals surface area contributed by atoms with E-state index in [1.807, 2.05) is 0 Å². The number of ether oxygens (including phenoxy) is 2. The van der Waals surface area contributed by atoms with Gasteiger partial charge in [0, 0.05) is 6.54 Å². The van der Waals surface area contributed by atoms with Gasteiger partial charge < -0.3 is 25.8 Å². The summed E-state index contributed by atoms with van der Waals surface area (Å²) in [5.41, 5.74) is 5.99. The highest BCUT2D eigenvalue weighted by Crippen LogP contribution is 2.27. The van der Waals surface area contributed by atoms with Crippen LogP contribution in [0.4, 0.5) is 0 Å². The lowest BCUT2D eigenvalue weighted by atomic mass is 10.2. The molecule has 0 unspecified atom stereocenters. The molecule has 0 heterocycles. The minimum Gasteiger partial charge on any atom is -0.493 e. The van der Waals surface area contributed by atoms with Gasteiger partial charge in [-0.1, -0.05) is 18.3 Å². The Balaban J connectivity index is 2.56. The maximum Gasteiger partial charge on any atom is 0.309 e. The first-order valence-electron chi connectivity index (χ1n) is 6.03. The molecule has 0 saturated carbocycles. The predicted molar refractivity (Wildman–Crippen MR) is 81.2 cm³/mol. The van der Waals surface area contributed by atoms with Crippen LogP contribution in [0.5, 0.6) is 11.5 Å². The quantitative estimate of drug-likeness (QED) is 0.493. The fourth-order valence-corrected chi connectivity index (χ4v) is 1.57. The third-order valence-corrected chi connectivity index (χ3v) is 2.67. The summed E-state index contributed by atoms with van der Waals surface area (Å²) >= 11 is 4.60. The Morgan fingerprint density at radius 1 is 1.14 bits per heavy atom. The van der Waals surface area contributed by atoms with E-state index < -0.39 is 11.8 Å². The van der Waals surface area contributed by atoms with Crippen LogP contribution in [0.25, 0.3) is 0 Å². The van der Waals surface area contributed by atoms with E-state index in [-0.39, 0.29) is 18.1 Å². The first kappa shape index (κ1) is 16.7. The van der Waals surface area contributed by atoms with Crippen molar-refractivity contribution < 1.29 is 19.1 Å². The Morgan fingerprint density at radius 2 is 1.76 bits per heavy atom. The number of hydrogen-bond donors (Lipinski definition) is 3. The van der Waals surface area contributed by atoms with Crippen molar-refractivity contribution in [3.8, 4) is 11.5 Å². The summed E-state index contributed by atoms with van der Waals surface area (Å²) in [4.78, 5) is 23.1. The van der Waals surface area contributed by atoms with Gasteiger partial charge in [0.2, 0.25) is 0 Å². The number of thiocarbonyl (C=S) groups is 1. The highest BCUT2D eigenvalue weighted by atomic mass is 32.1. The van der Waals surface area contributed by atoms with E-state index >= 15 is 0 Å². The van der Waals surface area contributed by atoms with Crippen LogP contribution in [0.2, 0.25) is 0 Å². The van der Waals surface area contributed by atoms with Crippen LogP contribution in [-0.4, -0.2) is 37.6 Å². The smallest absolute Gasteiger partial charge is 0.309 e. The van der Waals surface area contributed by atoms with E-state index in [0.717, 1.165) is 5.56 Å². The lowest BCUT2D eigenvalue weighted by molar-refractivity contribution is -0.139. The van der Waals surface area contributed by atoms with E-state index in [1.165, 1.54) is 14.2 Å². The number of methoxy groups -OCH3 is 2. The Kier molecular flexibility index (Phi) is 6.41. The predicted octanol–water partition coefficient (Wildman–Crippen LogP) is -0.278. The number of rotatable bonds is 6. The van der Waals surface area contributed by atoms with Crippen molar-refractivity contribution in [1.82, 2.24) is 10.6 Å². The number of carbonyl (C=O) groups is 2. The minimum absolute atomic E-state index is 0.0159. The Hall–Kier alpha value is -2.35. The van der Waals surface area contributed by atoms with Crippen molar-refractivity contribution in [1.29, 1.82) is 0 Å². The van der Waals surface area contributed by atoms with Gasteiger partial charge in [0.05, 0.1) is 25.8 Å². The van der Waals surface area contributed by atoms with Crippen molar-refractivity contribution >= 4 is 29.0 Å². The molecule has 0 atom stereocenters. The normalized spacial score (nSPS) is 9.62. The molecule has 0 fully saturated rings. The molecule has 4 N–H and O–H groups in total. The molecule has 114 valence electrons. The molecule has 1 aromatic carbocycles. The van der Waals surface area contributed by atoms with Crippen LogP contribution in [0.3, 0.4) is 0 Å². The molecular formula is C13H17N3O4S. The Morgan fingerprint density at radius 3 is 2.33 bits per heavy atom. The molecule has 0 aliphatic heterocycles. The third-order valence-electron chi connectivity index (χ3n) is 2.53. The van der Waals surface area contributed by atoms with Crippen LogP contribution in [0.15, 0.2) is 18.2 Å². The molecule has 1 rings (SSSR count). The maximum atomic E-state index is 11.5. The van der Waals surface area contributed by atoms with E-state index in [4.69, 9.17) is 15.2 Å². The molecule has 0 radical (unpaired) electrons. The van der Waals surface area contributed by atoms with Crippen LogP contribution in [0, 0.1) is 0 Å². The minimum atomic E-state index is -0.789. The van der Waals surface area contributed by atoms with Gasteiger partial charge in [0.1, 0.15) is 0 Å². The van der Waals surface area contributed by atoms with Crippen molar-refractivity contribution in [3.05, 3.63) is 23.8 Å². The highest BCUT2D eigenvalue weighted by molar-refractivity contribution is 7.80. The van der Waals surface area contributed by atoms with Gasteiger partial charge >= 0.3 is 11.8 Å². The average molecular weight is 311 g/mol. The van der Waals surface area contributed by atoms with E-state index in [0.29, 0.717) is 11.5 Å². The first-order chi connectivity index (χ1) is 9.97. The monoisotopic (exact) mass is 311 g/mol. The lowest BCUT2D eigenvalue weighted by Gasteiger charge is -2.10. The zero-order chi connectivity index (χ0) is 15.8. The summed E-state index contributed by atoms with van der Waals surface area (Å²) in [5.74, 6) is -0.423. The maximum absolute atomic E-state index is 11.5. The molecule has 0 bridgehead atoms. The molecule has 0 aliphatic carbocycles.